The molecule has 0 aliphatic rings. The van der Waals surface area contributed by atoms with E-state index in [2.05, 4.69) is 173 Å². The Bertz CT molecular complexity index is 3900. The summed E-state index contributed by atoms with van der Waals surface area (Å²) < 4.78 is 11.5. The van der Waals surface area contributed by atoms with Gasteiger partial charge in [-0.15, -0.1) is 0 Å². The number of furan rings is 1. The van der Waals surface area contributed by atoms with E-state index in [-0.39, 0.29) is 0 Å². The Morgan fingerprint density at radius 2 is 0.841 bits per heavy atom. The largest absolute Gasteiger partial charge is 0.456 e. The predicted octanol–water partition coefficient (Wildman–Crippen LogP) is 14.6. The van der Waals surface area contributed by atoms with E-state index in [0.717, 1.165) is 72.2 Å². The van der Waals surface area contributed by atoms with Crippen molar-refractivity contribution in [1.82, 2.24) is 24.1 Å². The molecule has 9 aromatic carbocycles. The molecule has 294 valence electrons. The van der Waals surface area contributed by atoms with E-state index in [9.17, 15) is 0 Å². The van der Waals surface area contributed by atoms with Crippen LogP contribution < -0.4 is 0 Å². The molecule has 0 N–H and O–H groups in total. The summed E-state index contributed by atoms with van der Waals surface area (Å²) in [6, 6.07) is 74.4. The van der Waals surface area contributed by atoms with Crippen LogP contribution in [0.2, 0.25) is 0 Å². The number of hydrogen-bond acceptors (Lipinski definition) is 4. The van der Waals surface area contributed by atoms with Gasteiger partial charge in [0.05, 0.1) is 22.1 Å². The van der Waals surface area contributed by atoms with Crippen molar-refractivity contribution in [2.24, 2.45) is 0 Å². The van der Waals surface area contributed by atoms with Crippen LogP contribution in [0.15, 0.2) is 217 Å². The minimum Gasteiger partial charge on any atom is -0.456 e. The molecule has 0 amide bonds. The van der Waals surface area contributed by atoms with Crippen molar-refractivity contribution in [3.8, 4) is 56.7 Å². The molecular formula is C57H35N5O. The van der Waals surface area contributed by atoms with Crippen LogP contribution >= 0.6 is 0 Å². The van der Waals surface area contributed by atoms with E-state index in [1.165, 1.54) is 32.6 Å². The number of aromatic nitrogens is 5. The molecule has 0 saturated heterocycles. The third-order valence-electron chi connectivity index (χ3n) is 12.4. The fourth-order valence-corrected chi connectivity index (χ4v) is 9.51. The van der Waals surface area contributed by atoms with E-state index in [4.69, 9.17) is 19.4 Å². The minimum absolute atomic E-state index is 0.586. The van der Waals surface area contributed by atoms with Gasteiger partial charge < -0.3 is 13.6 Å². The highest BCUT2D eigenvalue weighted by atomic mass is 16.3. The third-order valence-corrected chi connectivity index (χ3v) is 12.4. The van der Waals surface area contributed by atoms with Gasteiger partial charge in [-0.25, -0.2) is 15.0 Å². The molecular weight excluding hydrogens is 771 g/mol. The van der Waals surface area contributed by atoms with Crippen molar-refractivity contribution in [2.75, 3.05) is 0 Å². The highest BCUT2D eigenvalue weighted by Crippen LogP contribution is 2.42. The quantitative estimate of drug-likeness (QED) is 0.168. The first-order chi connectivity index (χ1) is 31.2. The molecule has 0 fully saturated rings. The maximum absolute atomic E-state index is 6.76. The standard InChI is InChI=1S/C57H35N5O/c1-4-16-36(17-5-1)38-20-14-21-39(32-38)56-58-55(37-18-6-2-7-19-37)59-57(60-56)45-26-15-29-52-54(45)44-31-30-41(33-53(44)63-52)62-49-28-13-11-25-43(49)47-34-50-46(35-51(47)62)42-24-10-12-27-48(42)61(50)40-22-8-3-9-23-40/h1-35H. The van der Waals surface area contributed by atoms with Gasteiger partial charge in [-0.1, -0.05) is 146 Å². The van der Waals surface area contributed by atoms with Crippen LogP contribution in [0.4, 0.5) is 0 Å². The molecule has 0 spiro atoms. The van der Waals surface area contributed by atoms with E-state index in [0.29, 0.717) is 17.5 Å². The zero-order valence-corrected chi connectivity index (χ0v) is 33.9. The Balaban J connectivity index is 0.997. The molecule has 13 aromatic rings. The summed E-state index contributed by atoms with van der Waals surface area (Å²) >= 11 is 0. The summed E-state index contributed by atoms with van der Waals surface area (Å²) in [5, 5.41) is 6.77. The van der Waals surface area contributed by atoms with Gasteiger partial charge in [-0.2, -0.15) is 0 Å². The summed E-state index contributed by atoms with van der Waals surface area (Å²) in [6.45, 7) is 0. The summed E-state index contributed by atoms with van der Waals surface area (Å²) in [7, 11) is 0. The molecule has 0 aliphatic heterocycles. The smallest absolute Gasteiger partial charge is 0.164 e. The SMILES string of the molecule is c1ccc(-c2cccc(-c3nc(-c4ccccc4)nc(-c4cccc5oc6cc(-n7c8ccccc8c8cc9c(cc87)c7ccccc7n9-c7ccccc7)ccc6c45)n3)c2)cc1. The van der Waals surface area contributed by atoms with E-state index < -0.39 is 0 Å². The summed E-state index contributed by atoms with van der Waals surface area (Å²) in [4.78, 5) is 15.4. The molecule has 13 rings (SSSR count). The first-order valence-corrected chi connectivity index (χ1v) is 21.2. The van der Waals surface area contributed by atoms with Gasteiger partial charge in [-0.05, 0) is 71.8 Å². The predicted molar refractivity (Wildman–Crippen MR) is 258 cm³/mol. The van der Waals surface area contributed by atoms with E-state index in [1.807, 2.05) is 48.5 Å². The number of nitrogens with zero attached hydrogens (tertiary/aromatic N) is 5. The summed E-state index contributed by atoms with van der Waals surface area (Å²) in [5.74, 6) is 1.80. The Kier molecular flexibility index (Phi) is 7.80. The first-order valence-electron chi connectivity index (χ1n) is 21.2. The molecule has 0 saturated carbocycles. The topological polar surface area (TPSA) is 61.7 Å². The maximum atomic E-state index is 6.76. The monoisotopic (exact) mass is 805 g/mol. The Labute approximate surface area is 361 Å². The van der Waals surface area contributed by atoms with Gasteiger partial charge in [0.15, 0.2) is 17.5 Å². The number of benzene rings is 9. The maximum Gasteiger partial charge on any atom is 0.164 e. The Morgan fingerprint density at radius 1 is 0.302 bits per heavy atom. The van der Waals surface area contributed by atoms with Gasteiger partial charge in [0.1, 0.15) is 11.2 Å². The second-order valence-electron chi connectivity index (χ2n) is 16.0. The molecule has 0 bridgehead atoms. The molecule has 0 unspecified atom stereocenters. The second kappa shape index (κ2) is 14.0. The normalized spacial score (nSPS) is 11.8. The average Bonchev–Trinajstić information content (AvgIpc) is 4.01. The van der Waals surface area contributed by atoms with Crippen molar-refractivity contribution in [2.45, 2.75) is 0 Å². The van der Waals surface area contributed by atoms with Crippen molar-refractivity contribution in [3.05, 3.63) is 212 Å². The van der Waals surface area contributed by atoms with Crippen LogP contribution in [0, 0.1) is 0 Å². The van der Waals surface area contributed by atoms with E-state index in [1.54, 1.807) is 0 Å². The number of fused-ring (bicyclic) bond motifs is 9. The molecule has 6 heteroatoms. The summed E-state index contributed by atoms with van der Waals surface area (Å²) in [6.07, 6.45) is 0. The Morgan fingerprint density at radius 3 is 1.54 bits per heavy atom. The summed E-state index contributed by atoms with van der Waals surface area (Å²) in [5.41, 5.74) is 13.3. The minimum atomic E-state index is 0.586. The number of hydrogen-bond donors (Lipinski definition) is 0. The molecule has 4 aromatic heterocycles. The number of para-hydroxylation sites is 3. The zero-order valence-electron chi connectivity index (χ0n) is 33.9. The molecule has 6 nitrogen and oxygen atoms in total. The van der Waals surface area contributed by atoms with E-state index >= 15 is 0 Å². The van der Waals surface area contributed by atoms with Gasteiger partial charge in [-0.3, -0.25) is 0 Å². The molecule has 4 heterocycles. The van der Waals surface area contributed by atoms with Crippen molar-refractivity contribution < 1.29 is 4.42 Å². The average molecular weight is 806 g/mol. The lowest BCUT2D eigenvalue weighted by molar-refractivity contribution is 0.668. The first kappa shape index (κ1) is 35.2. The zero-order chi connectivity index (χ0) is 41.4. The molecule has 0 atom stereocenters. The van der Waals surface area contributed by atoms with Gasteiger partial charge >= 0.3 is 0 Å². The van der Waals surface area contributed by atoms with Crippen LogP contribution in [0.1, 0.15) is 0 Å². The fraction of sp³-hybridized carbons (Fsp3) is 0. The Hall–Kier alpha value is -8.61. The van der Waals surface area contributed by atoms with Crippen LogP contribution in [0.3, 0.4) is 0 Å². The van der Waals surface area contributed by atoms with Crippen molar-refractivity contribution >= 4 is 65.6 Å². The van der Waals surface area contributed by atoms with Crippen LogP contribution in [0.5, 0.6) is 0 Å². The van der Waals surface area contributed by atoms with Crippen molar-refractivity contribution in [1.29, 1.82) is 0 Å². The lowest BCUT2D eigenvalue weighted by atomic mass is 10.0. The molecule has 0 aliphatic carbocycles. The van der Waals surface area contributed by atoms with Gasteiger partial charge in [0.25, 0.3) is 0 Å². The lowest BCUT2D eigenvalue weighted by Gasteiger charge is -2.10. The molecule has 0 radical (unpaired) electrons. The highest BCUT2D eigenvalue weighted by molar-refractivity contribution is 6.19. The number of rotatable bonds is 6. The second-order valence-corrected chi connectivity index (χ2v) is 16.0. The third kappa shape index (κ3) is 5.62. The van der Waals surface area contributed by atoms with Crippen LogP contribution in [-0.2, 0) is 0 Å². The van der Waals surface area contributed by atoms with Crippen LogP contribution in [0.25, 0.3) is 122 Å². The fourth-order valence-electron chi connectivity index (χ4n) is 9.51. The van der Waals surface area contributed by atoms with Crippen LogP contribution in [-0.4, -0.2) is 24.1 Å². The lowest BCUT2D eigenvalue weighted by Crippen LogP contribution is -2.00. The van der Waals surface area contributed by atoms with Gasteiger partial charge in [0, 0.05) is 66.4 Å². The highest BCUT2D eigenvalue weighted by Gasteiger charge is 2.21. The van der Waals surface area contributed by atoms with Gasteiger partial charge in [0.2, 0.25) is 0 Å². The molecule has 63 heavy (non-hydrogen) atoms. The van der Waals surface area contributed by atoms with Crippen molar-refractivity contribution in [3.63, 3.8) is 0 Å².